The molecule has 2 nitrogen and oxygen atoms in total. The highest BCUT2D eigenvalue weighted by Crippen LogP contribution is 1.98. The third kappa shape index (κ3) is 1.36. The molecule has 0 aliphatic carbocycles. The van der Waals surface area contributed by atoms with Gasteiger partial charge in [0.2, 0.25) is 0 Å². The van der Waals surface area contributed by atoms with Crippen LogP contribution in [-0.2, 0) is 0 Å². The van der Waals surface area contributed by atoms with Crippen molar-refractivity contribution < 1.29 is 0 Å². The second kappa shape index (κ2) is 2.27. The Balaban J connectivity index is 3.34. The van der Waals surface area contributed by atoms with E-state index in [1.807, 2.05) is 6.92 Å². The summed E-state index contributed by atoms with van der Waals surface area (Å²) in [7, 11) is 0. The molecule has 0 unspecified atom stereocenters. The normalized spacial score (nSPS) is 9.56. The number of nitrogens with one attached hydrogen (secondary N) is 1. The molecule has 1 N–H and O–H groups in total. The molecule has 1 rings (SSSR count). The van der Waals surface area contributed by atoms with Crippen LogP contribution in [0.15, 0.2) is 22.0 Å². The van der Waals surface area contributed by atoms with E-state index < -0.39 is 0 Å². The highest BCUT2D eigenvalue weighted by molar-refractivity contribution is 7.80. The first-order valence-electron chi connectivity index (χ1n) is 2.58. The molecular formula is C6H7NOS. The van der Waals surface area contributed by atoms with Crippen LogP contribution in [-0.4, -0.2) is 4.98 Å². The highest BCUT2D eigenvalue weighted by atomic mass is 32.1. The van der Waals surface area contributed by atoms with E-state index in [4.69, 9.17) is 0 Å². The molecule has 0 aliphatic rings. The second-order valence-corrected chi connectivity index (χ2v) is 2.37. The Morgan fingerprint density at radius 2 is 2.33 bits per heavy atom. The maximum Gasteiger partial charge on any atom is 0.261 e. The molecule has 48 valence electrons. The monoisotopic (exact) mass is 141 g/mol. The summed E-state index contributed by atoms with van der Waals surface area (Å²) in [5.74, 6) is 0. The van der Waals surface area contributed by atoms with Crippen molar-refractivity contribution in [3.8, 4) is 0 Å². The fourth-order valence-electron chi connectivity index (χ4n) is 0.576. The van der Waals surface area contributed by atoms with Crippen molar-refractivity contribution in [2.75, 3.05) is 0 Å². The maximum atomic E-state index is 10.6. The summed E-state index contributed by atoms with van der Waals surface area (Å²) in [5, 5.41) is 0. The lowest BCUT2D eigenvalue weighted by Gasteiger charge is -1.90. The molecule has 0 saturated heterocycles. The molecule has 9 heavy (non-hydrogen) atoms. The van der Waals surface area contributed by atoms with Crippen LogP contribution in [0, 0.1) is 6.92 Å². The number of pyridine rings is 1. The molecule has 0 radical (unpaired) electrons. The molecule has 0 atom stereocenters. The number of rotatable bonds is 0. The van der Waals surface area contributed by atoms with Crippen molar-refractivity contribution in [1.82, 2.24) is 4.98 Å². The fourth-order valence-corrected chi connectivity index (χ4v) is 0.844. The van der Waals surface area contributed by atoms with Crippen LogP contribution < -0.4 is 5.56 Å². The molecule has 0 fully saturated rings. The molecule has 0 amide bonds. The van der Waals surface area contributed by atoms with Crippen molar-refractivity contribution in [3.05, 3.63) is 28.2 Å². The minimum absolute atomic E-state index is 0.135. The summed E-state index contributed by atoms with van der Waals surface area (Å²) in [6.07, 6.45) is 1.65. The predicted octanol–water partition coefficient (Wildman–Crippen LogP) is 0.972. The number of hydrogen-bond acceptors (Lipinski definition) is 2. The Morgan fingerprint density at radius 1 is 1.67 bits per heavy atom. The van der Waals surface area contributed by atoms with Crippen molar-refractivity contribution in [2.24, 2.45) is 0 Å². The van der Waals surface area contributed by atoms with E-state index in [-0.39, 0.29) is 5.56 Å². The van der Waals surface area contributed by atoms with Crippen LogP contribution >= 0.6 is 12.6 Å². The van der Waals surface area contributed by atoms with Crippen LogP contribution in [0.1, 0.15) is 5.56 Å². The molecule has 0 bridgehead atoms. The van der Waals surface area contributed by atoms with E-state index in [0.717, 1.165) is 5.56 Å². The van der Waals surface area contributed by atoms with E-state index in [9.17, 15) is 4.79 Å². The van der Waals surface area contributed by atoms with Gasteiger partial charge in [0.1, 0.15) is 0 Å². The molecule has 1 aromatic rings. The fraction of sp³-hybridized carbons (Fsp3) is 0.167. The average molecular weight is 141 g/mol. The smallest absolute Gasteiger partial charge is 0.261 e. The summed E-state index contributed by atoms with van der Waals surface area (Å²) in [6.45, 7) is 1.90. The van der Waals surface area contributed by atoms with E-state index in [1.54, 1.807) is 12.3 Å². The summed E-state index contributed by atoms with van der Waals surface area (Å²) in [5.41, 5.74) is 0.878. The first-order valence-corrected chi connectivity index (χ1v) is 3.03. The van der Waals surface area contributed by atoms with Gasteiger partial charge in [0.25, 0.3) is 5.56 Å². The predicted molar refractivity (Wildman–Crippen MR) is 39.1 cm³/mol. The topological polar surface area (TPSA) is 32.9 Å². The lowest BCUT2D eigenvalue weighted by Crippen LogP contribution is -2.05. The zero-order valence-corrected chi connectivity index (χ0v) is 5.90. The summed E-state index contributed by atoms with van der Waals surface area (Å²) >= 11 is 3.92. The van der Waals surface area contributed by atoms with Crippen molar-refractivity contribution >= 4 is 12.6 Å². The number of thiol groups is 1. The Labute approximate surface area is 58.3 Å². The van der Waals surface area contributed by atoms with E-state index in [1.165, 1.54) is 0 Å². The first-order chi connectivity index (χ1) is 4.20. The lowest BCUT2D eigenvalue weighted by atomic mass is 10.3. The van der Waals surface area contributed by atoms with Crippen LogP contribution in [0.5, 0.6) is 0 Å². The third-order valence-corrected chi connectivity index (χ3v) is 1.36. The highest BCUT2D eigenvalue weighted by Gasteiger charge is 1.90. The molecule has 1 heterocycles. The van der Waals surface area contributed by atoms with Crippen LogP contribution in [0.4, 0.5) is 0 Å². The van der Waals surface area contributed by atoms with Crippen molar-refractivity contribution in [2.45, 2.75) is 11.8 Å². The molecule has 0 aliphatic heterocycles. The number of hydrogen-bond donors (Lipinski definition) is 2. The minimum atomic E-state index is -0.135. The average Bonchev–Trinajstić information content (AvgIpc) is 1.80. The Hall–Kier alpha value is -0.700. The van der Waals surface area contributed by atoms with Crippen molar-refractivity contribution in [1.29, 1.82) is 0 Å². The Morgan fingerprint density at radius 3 is 2.78 bits per heavy atom. The summed E-state index contributed by atoms with van der Waals surface area (Å²) in [6, 6.07) is 1.72. The van der Waals surface area contributed by atoms with E-state index >= 15 is 0 Å². The zero-order chi connectivity index (χ0) is 6.85. The van der Waals surface area contributed by atoms with Gasteiger partial charge in [-0.05, 0) is 18.6 Å². The molecule has 0 aromatic carbocycles. The number of aromatic nitrogens is 1. The van der Waals surface area contributed by atoms with Gasteiger partial charge in [0.05, 0.1) is 4.90 Å². The third-order valence-electron chi connectivity index (χ3n) is 1.03. The zero-order valence-electron chi connectivity index (χ0n) is 5.01. The second-order valence-electron chi connectivity index (χ2n) is 1.89. The van der Waals surface area contributed by atoms with Gasteiger partial charge in [-0.2, -0.15) is 0 Å². The summed E-state index contributed by atoms with van der Waals surface area (Å²) in [4.78, 5) is 13.6. The minimum Gasteiger partial charge on any atom is -0.328 e. The quantitative estimate of drug-likeness (QED) is 0.518. The van der Waals surface area contributed by atoms with Gasteiger partial charge in [-0.1, -0.05) is 0 Å². The number of aromatic amines is 1. The maximum absolute atomic E-state index is 10.6. The van der Waals surface area contributed by atoms with Crippen LogP contribution in [0.25, 0.3) is 0 Å². The SMILES string of the molecule is Cc1c[nH]c(=O)c(S)c1. The largest absolute Gasteiger partial charge is 0.328 e. The van der Waals surface area contributed by atoms with Gasteiger partial charge in [0, 0.05) is 6.20 Å². The van der Waals surface area contributed by atoms with E-state index in [0.29, 0.717) is 4.90 Å². The van der Waals surface area contributed by atoms with Crippen molar-refractivity contribution in [3.63, 3.8) is 0 Å². The van der Waals surface area contributed by atoms with Gasteiger partial charge in [-0.25, -0.2) is 0 Å². The molecule has 0 spiro atoms. The van der Waals surface area contributed by atoms with Gasteiger partial charge in [-0.15, -0.1) is 12.6 Å². The molecule has 1 aromatic heterocycles. The number of aryl methyl sites for hydroxylation is 1. The van der Waals surface area contributed by atoms with Crippen LogP contribution in [0.3, 0.4) is 0 Å². The van der Waals surface area contributed by atoms with Gasteiger partial charge < -0.3 is 4.98 Å². The van der Waals surface area contributed by atoms with Gasteiger partial charge >= 0.3 is 0 Å². The van der Waals surface area contributed by atoms with Gasteiger partial charge in [-0.3, -0.25) is 4.79 Å². The Bertz CT molecular complexity index is 266. The first kappa shape index (κ1) is 6.42. The van der Waals surface area contributed by atoms with E-state index in [2.05, 4.69) is 17.6 Å². The standard InChI is InChI=1S/C6H7NOS/c1-4-2-5(9)6(8)7-3-4/h2-3,9H,1H3,(H,7,8). The Kier molecular flexibility index (Phi) is 1.62. The molecule has 3 heteroatoms. The van der Waals surface area contributed by atoms with Crippen LogP contribution in [0.2, 0.25) is 0 Å². The lowest BCUT2D eigenvalue weighted by molar-refractivity contribution is 1.12. The molecular weight excluding hydrogens is 134 g/mol. The van der Waals surface area contributed by atoms with Gasteiger partial charge in [0.15, 0.2) is 0 Å². The number of H-pyrrole nitrogens is 1. The summed E-state index contributed by atoms with van der Waals surface area (Å²) < 4.78 is 0. The molecule has 0 saturated carbocycles.